The number of alkyl halides is 3. The van der Waals surface area contributed by atoms with Crippen molar-refractivity contribution in [2.75, 3.05) is 17.7 Å². The van der Waals surface area contributed by atoms with Gasteiger partial charge in [-0.15, -0.1) is 0 Å². The van der Waals surface area contributed by atoms with Crippen LogP contribution in [-0.2, 0) is 6.18 Å². The van der Waals surface area contributed by atoms with E-state index in [1.54, 1.807) is 19.1 Å². The number of rotatable bonds is 4. The summed E-state index contributed by atoms with van der Waals surface area (Å²) in [5, 5.41) is 2.89. The van der Waals surface area contributed by atoms with Gasteiger partial charge in [-0.3, -0.25) is 0 Å². The number of anilines is 3. The summed E-state index contributed by atoms with van der Waals surface area (Å²) in [4.78, 5) is 4.15. The molecule has 0 bridgehead atoms. The molecule has 21 heavy (non-hydrogen) atoms. The minimum Gasteiger partial charge on any atom is -0.476 e. The van der Waals surface area contributed by atoms with E-state index in [9.17, 15) is 13.2 Å². The predicted octanol–water partition coefficient (Wildman–Crippen LogP) is 3.82. The standard InChI is InChI=1S/C14H14F3N3O/c1-2-21-13-11(18)7-8-12(20-13)19-10-5-3-9(4-6-10)14(15,16)17/h3-8H,2,18H2,1H3,(H,19,20). The third-order valence-electron chi connectivity index (χ3n) is 2.66. The van der Waals surface area contributed by atoms with E-state index < -0.39 is 11.7 Å². The van der Waals surface area contributed by atoms with Crippen molar-refractivity contribution in [3.05, 3.63) is 42.0 Å². The second-order valence-corrected chi connectivity index (χ2v) is 4.22. The van der Waals surface area contributed by atoms with Crippen LogP contribution in [0.25, 0.3) is 0 Å². The second-order valence-electron chi connectivity index (χ2n) is 4.22. The Morgan fingerprint density at radius 1 is 1.14 bits per heavy atom. The van der Waals surface area contributed by atoms with Gasteiger partial charge in [0, 0.05) is 5.69 Å². The topological polar surface area (TPSA) is 60.2 Å². The molecule has 112 valence electrons. The van der Waals surface area contributed by atoms with Gasteiger partial charge in [0.25, 0.3) is 0 Å². The maximum absolute atomic E-state index is 12.5. The van der Waals surface area contributed by atoms with E-state index in [4.69, 9.17) is 10.5 Å². The molecule has 0 saturated carbocycles. The largest absolute Gasteiger partial charge is 0.476 e. The summed E-state index contributed by atoms with van der Waals surface area (Å²) in [6, 6.07) is 7.91. The summed E-state index contributed by atoms with van der Waals surface area (Å²) in [7, 11) is 0. The van der Waals surface area contributed by atoms with Crippen LogP contribution in [0.3, 0.4) is 0 Å². The quantitative estimate of drug-likeness (QED) is 0.900. The molecule has 0 atom stereocenters. The monoisotopic (exact) mass is 297 g/mol. The molecule has 0 spiro atoms. The third kappa shape index (κ3) is 3.77. The highest BCUT2D eigenvalue weighted by Gasteiger charge is 2.29. The predicted molar refractivity (Wildman–Crippen MR) is 74.5 cm³/mol. The van der Waals surface area contributed by atoms with E-state index in [-0.39, 0.29) is 5.88 Å². The van der Waals surface area contributed by atoms with Crippen LogP contribution in [0.1, 0.15) is 12.5 Å². The van der Waals surface area contributed by atoms with Gasteiger partial charge in [0.15, 0.2) is 0 Å². The Morgan fingerprint density at radius 3 is 2.38 bits per heavy atom. The van der Waals surface area contributed by atoms with Gasteiger partial charge in [-0.05, 0) is 43.3 Å². The molecule has 2 rings (SSSR count). The van der Waals surface area contributed by atoms with Crippen molar-refractivity contribution in [3.8, 4) is 5.88 Å². The van der Waals surface area contributed by atoms with E-state index in [2.05, 4.69) is 10.3 Å². The molecule has 1 aromatic heterocycles. The smallest absolute Gasteiger partial charge is 0.416 e. The summed E-state index contributed by atoms with van der Waals surface area (Å²) in [6.07, 6.45) is -4.35. The Labute approximate surface area is 119 Å². The molecular formula is C14H14F3N3O. The Morgan fingerprint density at radius 2 is 1.81 bits per heavy atom. The molecular weight excluding hydrogens is 283 g/mol. The molecule has 0 amide bonds. The van der Waals surface area contributed by atoms with E-state index in [0.29, 0.717) is 23.8 Å². The fourth-order valence-electron chi connectivity index (χ4n) is 1.66. The van der Waals surface area contributed by atoms with E-state index in [1.807, 2.05) is 0 Å². The highest BCUT2D eigenvalue weighted by molar-refractivity contribution is 5.60. The molecule has 4 nitrogen and oxygen atoms in total. The highest BCUT2D eigenvalue weighted by atomic mass is 19.4. The molecule has 0 aliphatic heterocycles. The third-order valence-corrected chi connectivity index (χ3v) is 2.66. The molecule has 1 aromatic carbocycles. The van der Waals surface area contributed by atoms with Crippen molar-refractivity contribution in [3.63, 3.8) is 0 Å². The number of nitrogens with two attached hydrogens (primary N) is 1. The van der Waals surface area contributed by atoms with Gasteiger partial charge in [-0.25, -0.2) is 0 Å². The first-order chi connectivity index (χ1) is 9.90. The lowest BCUT2D eigenvalue weighted by Crippen LogP contribution is -2.05. The molecule has 2 aromatic rings. The first-order valence-corrected chi connectivity index (χ1v) is 6.23. The molecule has 0 fully saturated rings. The van der Waals surface area contributed by atoms with Gasteiger partial charge in [0.1, 0.15) is 5.82 Å². The van der Waals surface area contributed by atoms with E-state index in [0.717, 1.165) is 12.1 Å². The fraction of sp³-hybridized carbons (Fsp3) is 0.214. The Kier molecular flexibility index (Phi) is 4.21. The van der Waals surface area contributed by atoms with Gasteiger partial charge in [-0.2, -0.15) is 18.2 Å². The molecule has 0 aliphatic carbocycles. The minimum absolute atomic E-state index is 0.286. The lowest BCUT2D eigenvalue weighted by molar-refractivity contribution is -0.137. The van der Waals surface area contributed by atoms with Crippen LogP contribution < -0.4 is 15.8 Å². The zero-order valence-electron chi connectivity index (χ0n) is 11.2. The number of hydrogen-bond donors (Lipinski definition) is 2. The number of aromatic nitrogens is 1. The maximum atomic E-state index is 12.5. The van der Waals surface area contributed by atoms with Crippen molar-refractivity contribution >= 4 is 17.2 Å². The second kappa shape index (κ2) is 5.90. The fourth-order valence-corrected chi connectivity index (χ4v) is 1.66. The average Bonchev–Trinajstić information content (AvgIpc) is 2.42. The molecule has 0 saturated heterocycles. The van der Waals surface area contributed by atoms with Crippen LogP contribution in [0, 0.1) is 0 Å². The van der Waals surface area contributed by atoms with E-state index >= 15 is 0 Å². The molecule has 3 N–H and O–H groups in total. The van der Waals surface area contributed by atoms with Crippen molar-refractivity contribution in [2.45, 2.75) is 13.1 Å². The Balaban J connectivity index is 2.16. The zero-order valence-corrected chi connectivity index (χ0v) is 11.2. The summed E-state index contributed by atoms with van der Waals surface area (Å²) in [5.41, 5.74) is 5.88. The van der Waals surface area contributed by atoms with Crippen LogP contribution in [0.15, 0.2) is 36.4 Å². The maximum Gasteiger partial charge on any atom is 0.416 e. The molecule has 0 radical (unpaired) electrons. The number of halogens is 3. The first-order valence-electron chi connectivity index (χ1n) is 6.23. The SMILES string of the molecule is CCOc1nc(Nc2ccc(C(F)(F)F)cc2)ccc1N. The normalized spacial score (nSPS) is 11.2. The first kappa shape index (κ1) is 15.0. The van der Waals surface area contributed by atoms with Crippen molar-refractivity contribution in [1.82, 2.24) is 4.98 Å². The summed E-state index contributed by atoms with van der Waals surface area (Å²) >= 11 is 0. The number of nitrogen functional groups attached to an aromatic ring is 1. The number of ether oxygens (including phenoxy) is 1. The van der Waals surface area contributed by atoms with Crippen molar-refractivity contribution < 1.29 is 17.9 Å². The van der Waals surface area contributed by atoms with Crippen molar-refractivity contribution in [1.29, 1.82) is 0 Å². The minimum atomic E-state index is -4.35. The number of nitrogens with zero attached hydrogens (tertiary/aromatic N) is 1. The molecule has 0 unspecified atom stereocenters. The summed E-state index contributed by atoms with van der Waals surface area (Å²) in [6.45, 7) is 2.22. The van der Waals surface area contributed by atoms with Gasteiger partial charge >= 0.3 is 6.18 Å². The summed E-state index contributed by atoms with van der Waals surface area (Å²) in [5.74, 6) is 0.724. The van der Waals surface area contributed by atoms with Gasteiger partial charge in [-0.1, -0.05) is 0 Å². The number of nitrogens with one attached hydrogen (secondary N) is 1. The Bertz CT molecular complexity index is 612. The van der Waals surface area contributed by atoms with Crippen LogP contribution in [-0.4, -0.2) is 11.6 Å². The van der Waals surface area contributed by atoms with Crippen LogP contribution in [0.5, 0.6) is 5.88 Å². The Hall–Kier alpha value is -2.44. The van der Waals surface area contributed by atoms with Gasteiger partial charge < -0.3 is 15.8 Å². The highest BCUT2D eigenvalue weighted by Crippen LogP contribution is 2.30. The molecule has 1 heterocycles. The lowest BCUT2D eigenvalue weighted by atomic mass is 10.2. The molecule has 7 heteroatoms. The number of pyridine rings is 1. The number of benzene rings is 1. The van der Waals surface area contributed by atoms with Crippen LogP contribution in [0.4, 0.5) is 30.4 Å². The molecule has 0 aliphatic rings. The van der Waals surface area contributed by atoms with Crippen LogP contribution >= 0.6 is 0 Å². The van der Waals surface area contributed by atoms with Gasteiger partial charge in [0.2, 0.25) is 5.88 Å². The number of hydrogen-bond acceptors (Lipinski definition) is 4. The van der Waals surface area contributed by atoms with E-state index in [1.165, 1.54) is 12.1 Å². The van der Waals surface area contributed by atoms with Gasteiger partial charge in [0.05, 0.1) is 17.9 Å². The summed E-state index contributed by atoms with van der Waals surface area (Å²) < 4.78 is 42.7. The zero-order chi connectivity index (χ0) is 15.5. The average molecular weight is 297 g/mol. The van der Waals surface area contributed by atoms with Crippen molar-refractivity contribution in [2.24, 2.45) is 0 Å². The van der Waals surface area contributed by atoms with Crippen LogP contribution in [0.2, 0.25) is 0 Å². The lowest BCUT2D eigenvalue weighted by Gasteiger charge is -2.11.